The van der Waals surface area contributed by atoms with Crippen LogP contribution in [0.15, 0.2) is 73.6 Å². The smallest absolute Gasteiger partial charge is 0.211 e. The molecule has 6 heterocycles. The molecular weight excluding hydrogens is 701 g/mol. The number of nitrogens with zero attached hydrogens (tertiary/aromatic N) is 6. The van der Waals surface area contributed by atoms with Crippen LogP contribution in [0.5, 0.6) is 0 Å². The summed E-state index contributed by atoms with van der Waals surface area (Å²) in [5.74, 6) is 0.299. The van der Waals surface area contributed by atoms with E-state index < -0.39 is 32.3 Å². The first-order chi connectivity index (χ1) is 24.8. The zero-order valence-electron chi connectivity index (χ0n) is 29.5. The quantitative estimate of drug-likeness (QED) is 0.321. The van der Waals surface area contributed by atoms with E-state index in [-0.39, 0.29) is 34.7 Å². The highest BCUT2D eigenvalue weighted by Gasteiger charge is 2.59. The van der Waals surface area contributed by atoms with Gasteiger partial charge in [0, 0.05) is 49.1 Å². The molecule has 2 spiro atoms. The van der Waals surface area contributed by atoms with Crippen LogP contribution >= 0.6 is 0 Å². The number of aliphatic hydroxyl groups excluding tert-OH is 2. The molecule has 0 radical (unpaired) electrons. The standard InChI is InChI=1S/2C19H23N3O3S/c2*1-26(24,25)21-8-6-19(7-9-21)10-15(18(19)23)17-14-5-3-2-4-13(14)16-11-20-12-22(16)17/h2*2-5,11-12,15,17-18,23H,6-10H2,1H3/t2*15-,17+,18+/m10/s1. The van der Waals surface area contributed by atoms with Gasteiger partial charge in [0.05, 0.1) is 73.2 Å². The van der Waals surface area contributed by atoms with Crippen LogP contribution in [0.2, 0.25) is 0 Å². The Morgan fingerprint density at radius 3 is 1.33 bits per heavy atom. The Bertz CT molecular complexity index is 2080. The highest BCUT2D eigenvalue weighted by Crippen LogP contribution is 2.61. The highest BCUT2D eigenvalue weighted by atomic mass is 32.2. The Kier molecular flexibility index (Phi) is 7.97. The first-order valence-corrected chi connectivity index (χ1v) is 22.0. The number of imidazole rings is 2. The maximum Gasteiger partial charge on any atom is 0.211 e. The van der Waals surface area contributed by atoms with Crippen LogP contribution in [-0.2, 0) is 20.0 Å². The minimum absolute atomic E-state index is 0.122. The fraction of sp³-hybridized carbons (Fsp3) is 0.526. The van der Waals surface area contributed by atoms with E-state index in [4.69, 9.17) is 0 Å². The molecule has 4 aromatic rings. The summed E-state index contributed by atoms with van der Waals surface area (Å²) >= 11 is 0. The van der Waals surface area contributed by atoms with Gasteiger partial charge in [-0.2, -0.15) is 0 Å². The van der Waals surface area contributed by atoms with Crippen molar-refractivity contribution in [2.45, 2.75) is 62.8 Å². The van der Waals surface area contributed by atoms with E-state index in [1.807, 2.05) is 37.2 Å². The molecule has 0 unspecified atom stereocenters. The SMILES string of the molecule is CS(=O)(=O)N1CCC2(CC1)C[C@@H]([C@H]1c3ccccc3-c3cncn31)[C@H]2O.CS(=O)(=O)N1CCC2(CC1)C[C@H]([C@@H]1c3ccccc3-c3cncn31)[C@@H]2O. The van der Waals surface area contributed by atoms with Crippen molar-refractivity contribution in [3.05, 3.63) is 84.7 Å². The molecule has 2 aromatic heterocycles. The molecule has 276 valence electrons. The van der Waals surface area contributed by atoms with Gasteiger partial charge in [-0.25, -0.2) is 35.4 Å². The number of fused-ring (bicyclic) bond motifs is 6. The van der Waals surface area contributed by atoms with Gasteiger partial charge < -0.3 is 19.3 Å². The van der Waals surface area contributed by atoms with Crippen LogP contribution in [0.3, 0.4) is 0 Å². The maximum atomic E-state index is 11.8. The van der Waals surface area contributed by atoms with Crippen molar-refractivity contribution in [2.24, 2.45) is 22.7 Å². The number of benzene rings is 2. The molecule has 2 aromatic carbocycles. The van der Waals surface area contributed by atoms with Gasteiger partial charge in [0.2, 0.25) is 20.0 Å². The van der Waals surface area contributed by atoms with Gasteiger partial charge in [0.15, 0.2) is 0 Å². The van der Waals surface area contributed by atoms with Crippen molar-refractivity contribution >= 4 is 20.0 Å². The Morgan fingerprint density at radius 1 is 0.615 bits per heavy atom. The maximum absolute atomic E-state index is 11.8. The van der Waals surface area contributed by atoms with E-state index in [9.17, 15) is 27.0 Å². The summed E-state index contributed by atoms with van der Waals surface area (Å²) in [6, 6.07) is 17.0. The lowest BCUT2D eigenvalue weighted by Crippen LogP contribution is -2.59. The molecule has 0 bridgehead atoms. The van der Waals surface area contributed by atoms with E-state index >= 15 is 0 Å². The second-order valence-corrected chi connectivity index (χ2v) is 20.1. The van der Waals surface area contributed by atoms with Gasteiger partial charge in [-0.15, -0.1) is 0 Å². The third-order valence-corrected chi connectivity index (χ3v) is 16.2. The van der Waals surface area contributed by atoms with Crippen LogP contribution in [-0.4, -0.2) is 106 Å². The van der Waals surface area contributed by atoms with Crippen molar-refractivity contribution in [3.8, 4) is 22.5 Å². The number of rotatable bonds is 4. The average molecular weight is 747 g/mol. The molecule has 2 N–H and O–H groups in total. The molecular formula is C38H46N6O6S2. The van der Waals surface area contributed by atoms with E-state index in [0.717, 1.165) is 49.9 Å². The summed E-state index contributed by atoms with van der Waals surface area (Å²) in [6.07, 6.45) is 14.1. The third-order valence-electron chi connectivity index (χ3n) is 13.6. The molecule has 6 atom stereocenters. The molecule has 0 amide bonds. The van der Waals surface area contributed by atoms with Crippen LogP contribution in [0.25, 0.3) is 22.5 Å². The molecule has 2 saturated carbocycles. The van der Waals surface area contributed by atoms with Gasteiger partial charge >= 0.3 is 0 Å². The Hall–Kier alpha value is -3.40. The summed E-state index contributed by atoms with van der Waals surface area (Å²) < 4.78 is 54.5. The zero-order chi connectivity index (χ0) is 36.2. The predicted octanol–water partition coefficient (Wildman–Crippen LogP) is 3.75. The van der Waals surface area contributed by atoms with Crippen LogP contribution in [0.4, 0.5) is 0 Å². The summed E-state index contributed by atoms with van der Waals surface area (Å²) in [7, 11) is -6.28. The topological polar surface area (TPSA) is 151 Å². The molecule has 10 rings (SSSR count). The first kappa shape index (κ1) is 34.4. The summed E-state index contributed by atoms with van der Waals surface area (Å²) in [4.78, 5) is 8.62. The van der Waals surface area contributed by atoms with E-state index in [2.05, 4.69) is 55.5 Å². The largest absolute Gasteiger partial charge is 0.392 e. The number of hydrogen-bond acceptors (Lipinski definition) is 8. The predicted molar refractivity (Wildman–Crippen MR) is 196 cm³/mol. The Balaban J connectivity index is 0.000000138. The lowest BCUT2D eigenvalue weighted by molar-refractivity contribution is -0.152. The zero-order valence-corrected chi connectivity index (χ0v) is 31.1. The van der Waals surface area contributed by atoms with E-state index in [1.54, 1.807) is 0 Å². The molecule has 6 aliphatic rings. The second kappa shape index (κ2) is 12.1. The number of hydrogen-bond donors (Lipinski definition) is 2. The minimum Gasteiger partial charge on any atom is -0.392 e. The molecule has 2 aliphatic carbocycles. The normalized spacial score (nSPS) is 30.0. The molecule has 14 heteroatoms. The number of sulfonamides is 2. The molecule has 52 heavy (non-hydrogen) atoms. The van der Waals surface area contributed by atoms with E-state index in [0.29, 0.717) is 26.2 Å². The van der Waals surface area contributed by atoms with E-state index in [1.165, 1.54) is 43.4 Å². The summed E-state index contributed by atoms with van der Waals surface area (Å²) in [5.41, 5.74) is 6.89. The van der Waals surface area contributed by atoms with Gasteiger partial charge in [-0.3, -0.25) is 0 Å². The number of aliphatic hydroxyl groups is 2. The summed E-state index contributed by atoms with van der Waals surface area (Å²) in [6.45, 7) is 2.06. The fourth-order valence-electron chi connectivity index (χ4n) is 10.7. The summed E-state index contributed by atoms with van der Waals surface area (Å²) in [5, 5.41) is 22.2. The highest BCUT2D eigenvalue weighted by molar-refractivity contribution is 7.88. The van der Waals surface area contributed by atoms with Crippen molar-refractivity contribution in [3.63, 3.8) is 0 Å². The lowest BCUT2D eigenvalue weighted by Gasteiger charge is -2.57. The fourth-order valence-corrected chi connectivity index (χ4v) is 12.4. The van der Waals surface area contributed by atoms with Gasteiger partial charge in [-0.1, -0.05) is 48.5 Å². The average Bonchev–Trinajstić information content (AvgIpc) is 3.92. The molecule has 12 nitrogen and oxygen atoms in total. The van der Waals surface area contributed by atoms with Crippen molar-refractivity contribution in [1.29, 1.82) is 0 Å². The Morgan fingerprint density at radius 2 is 0.981 bits per heavy atom. The molecule has 2 saturated heterocycles. The van der Waals surface area contributed by atoms with Crippen molar-refractivity contribution in [2.75, 3.05) is 38.7 Å². The number of piperidine rings is 2. The minimum atomic E-state index is -3.14. The van der Waals surface area contributed by atoms with Crippen molar-refractivity contribution < 1.29 is 27.0 Å². The number of aromatic nitrogens is 4. The lowest BCUT2D eigenvalue weighted by atomic mass is 9.53. The second-order valence-electron chi connectivity index (χ2n) is 16.1. The van der Waals surface area contributed by atoms with Crippen LogP contribution in [0.1, 0.15) is 61.7 Å². The van der Waals surface area contributed by atoms with Gasteiger partial charge in [0.25, 0.3) is 0 Å². The molecule has 4 fully saturated rings. The molecule has 4 aliphatic heterocycles. The van der Waals surface area contributed by atoms with Crippen LogP contribution in [0, 0.1) is 22.7 Å². The monoisotopic (exact) mass is 746 g/mol. The Labute approximate surface area is 305 Å². The van der Waals surface area contributed by atoms with Crippen LogP contribution < -0.4 is 0 Å². The third kappa shape index (κ3) is 5.19. The van der Waals surface area contributed by atoms with Gasteiger partial charge in [-0.05, 0) is 60.5 Å². The first-order valence-electron chi connectivity index (χ1n) is 18.3. The van der Waals surface area contributed by atoms with Gasteiger partial charge in [0.1, 0.15) is 0 Å². The van der Waals surface area contributed by atoms with Crippen molar-refractivity contribution in [1.82, 2.24) is 27.7 Å².